The molecule has 3 heteroatoms. The third kappa shape index (κ3) is 3.92. The lowest BCUT2D eigenvalue weighted by Gasteiger charge is -2.08. The van der Waals surface area contributed by atoms with Crippen LogP contribution < -0.4 is 5.32 Å². The number of hydrogen-bond donors (Lipinski definition) is 1. The Bertz CT molecular complexity index is 585. The number of Topliss-reactive ketones (excluding diaryl/α,β-unsaturated/α-hetero) is 1. The van der Waals surface area contributed by atoms with Gasteiger partial charge in [0.25, 0.3) is 0 Å². The molecule has 2 aromatic rings. The highest BCUT2D eigenvalue weighted by Crippen LogP contribution is 2.14. The van der Waals surface area contributed by atoms with Gasteiger partial charge in [-0.3, -0.25) is 4.79 Å². The predicted molar refractivity (Wildman–Crippen MR) is 79.8 cm³/mol. The average molecular weight is 271 g/mol. The Hall–Kier alpha value is -2.16. The predicted octanol–water partition coefficient (Wildman–Crippen LogP) is 4.13. The van der Waals surface area contributed by atoms with Gasteiger partial charge in [-0.25, -0.2) is 4.39 Å². The number of benzene rings is 2. The van der Waals surface area contributed by atoms with E-state index in [4.69, 9.17) is 0 Å². The minimum Gasteiger partial charge on any atom is -0.385 e. The van der Waals surface area contributed by atoms with Crippen LogP contribution in [0.1, 0.15) is 27.9 Å². The van der Waals surface area contributed by atoms with Crippen molar-refractivity contribution in [3.63, 3.8) is 0 Å². The van der Waals surface area contributed by atoms with E-state index in [1.807, 2.05) is 13.8 Å². The minimum absolute atomic E-state index is 0.0156. The summed E-state index contributed by atoms with van der Waals surface area (Å²) in [6.07, 6.45) is 0.388. The van der Waals surface area contributed by atoms with Crippen molar-refractivity contribution < 1.29 is 9.18 Å². The highest BCUT2D eigenvalue weighted by atomic mass is 19.1. The van der Waals surface area contributed by atoms with E-state index >= 15 is 0 Å². The molecule has 0 aromatic heterocycles. The lowest BCUT2D eigenvalue weighted by atomic mass is 10.1. The Labute approximate surface area is 118 Å². The lowest BCUT2D eigenvalue weighted by Crippen LogP contribution is -2.09. The maximum Gasteiger partial charge on any atom is 0.164 e. The maximum absolute atomic E-state index is 12.8. The van der Waals surface area contributed by atoms with E-state index in [-0.39, 0.29) is 11.6 Å². The third-order valence-corrected chi connectivity index (χ3v) is 3.07. The second-order valence-corrected chi connectivity index (χ2v) is 4.98. The zero-order valence-electron chi connectivity index (χ0n) is 11.7. The molecule has 2 nitrogen and oxygen atoms in total. The Morgan fingerprint density at radius 1 is 1.05 bits per heavy atom. The summed E-state index contributed by atoms with van der Waals surface area (Å²) in [6, 6.07) is 11.9. The summed E-state index contributed by atoms with van der Waals surface area (Å²) in [5, 5.41) is 3.24. The van der Waals surface area contributed by atoms with Crippen LogP contribution in [0.15, 0.2) is 42.5 Å². The molecule has 0 aliphatic carbocycles. The van der Waals surface area contributed by atoms with Crippen LogP contribution in [0.5, 0.6) is 0 Å². The quantitative estimate of drug-likeness (QED) is 0.828. The topological polar surface area (TPSA) is 29.1 Å². The minimum atomic E-state index is -0.324. The van der Waals surface area contributed by atoms with Gasteiger partial charge < -0.3 is 5.32 Å². The molecule has 104 valence electrons. The van der Waals surface area contributed by atoms with Crippen molar-refractivity contribution in [3.8, 4) is 0 Å². The summed E-state index contributed by atoms with van der Waals surface area (Å²) in [6.45, 7) is 4.66. The smallest absolute Gasteiger partial charge is 0.164 e. The molecule has 0 atom stereocenters. The Balaban J connectivity index is 1.89. The number of halogens is 1. The molecule has 0 aliphatic rings. The van der Waals surface area contributed by atoms with Crippen molar-refractivity contribution >= 4 is 11.5 Å². The standard InChI is InChI=1S/C17H18FNO/c1-12-9-13(2)11-16(10-12)19-8-7-17(20)14-3-5-15(18)6-4-14/h3-6,9-11,19H,7-8H2,1-2H3. The van der Waals surface area contributed by atoms with E-state index in [1.165, 1.54) is 35.4 Å². The van der Waals surface area contributed by atoms with Crippen LogP contribution in [0.2, 0.25) is 0 Å². The van der Waals surface area contributed by atoms with E-state index in [1.54, 1.807) is 0 Å². The molecule has 0 heterocycles. The van der Waals surface area contributed by atoms with Crippen molar-refractivity contribution in [2.75, 3.05) is 11.9 Å². The molecule has 0 radical (unpaired) electrons. The number of aryl methyl sites for hydroxylation is 2. The molecule has 2 aromatic carbocycles. The number of nitrogens with one attached hydrogen (secondary N) is 1. The first-order valence-corrected chi connectivity index (χ1v) is 6.65. The van der Waals surface area contributed by atoms with Gasteiger partial charge >= 0.3 is 0 Å². The number of rotatable bonds is 5. The van der Waals surface area contributed by atoms with Gasteiger partial charge in [-0.2, -0.15) is 0 Å². The van der Waals surface area contributed by atoms with Crippen LogP contribution in [-0.4, -0.2) is 12.3 Å². The van der Waals surface area contributed by atoms with Gasteiger partial charge in [-0.1, -0.05) is 6.07 Å². The average Bonchev–Trinajstić information content (AvgIpc) is 2.38. The fourth-order valence-electron chi connectivity index (χ4n) is 2.18. The molecule has 20 heavy (non-hydrogen) atoms. The Morgan fingerprint density at radius 2 is 1.65 bits per heavy atom. The fraction of sp³-hybridized carbons (Fsp3) is 0.235. The van der Waals surface area contributed by atoms with E-state index in [0.717, 1.165) is 5.69 Å². The summed E-state index contributed by atoms with van der Waals surface area (Å²) < 4.78 is 12.8. The fourth-order valence-corrected chi connectivity index (χ4v) is 2.18. The molecule has 0 saturated heterocycles. The summed E-state index contributed by atoms with van der Waals surface area (Å²) in [4.78, 5) is 11.9. The van der Waals surface area contributed by atoms with Gasteiger partial charge in [0, 0.05) is 24.2 Å². The lowest BCUT2D eigenvalue weighted by molar-refractivity contribution is 0.0986. The molecule has 0 aliphatic heterocycles. The highest BCUT2D eigenvalue weighted by molar-refractivity contribution is 5.96. The van der Waals surface area contributed by atoms with Gasteiger partial charge in [0.05, 0.1) is 0 Å². The molecule has 0 bridgehead atoms. The molecule has 0 saturated carbocycles. The molecular weight excluding hydrogens is 253 g/mol. The van der Waals surface area contributed by atoms with E-state index in [2.05, 4.69) is 23.5 Å². The SMILES string of the molecule is Cc1cc(C)cc(NCCC(=O)c2ccc(F)cc2)c1. The largest absolute Gasteiger partial charge is 0.385 e. The summed E-state index contributed by atoms with van der Waals surface area (Å²) in [5.41, 5.74) is 3.96. The van der Waals surface area contributed by atoms with Crippen molar-refractivity contribution in [3.05, 3.63) is 65.0 Å². The van der Waals surface area contributed by atoms with E-state index in [9.17, 15) is 9.18 Å². The highest BCUT2D eigenvalue weighted by Gasteiger charge is 2.05. The second-order valence-electron chi connectivity index (χ2n) is 4.98. The normalized spacial score (nSPS) is 10.3. The van der Waals surface area contributed by atoms with Gasteiger partial charge in [0.2, 0.25) is 0 Å². The van der Waals surface area contributed by atoms with E-state index < -0.39 is 0 Å². The molecule has 0 spiro atoms. The van der Waals surface area contributed by atoms with Crippen LogP contribution in [0, 0.1) is 19.7 Å². The molecule has 1 N–H and O–H groups in total. The van der Waals surface area contributed by atoms with Gasteiger partial charge in [-0.15, -0.1) is 0 Å². The Kier molecular flexibility index (Phi) is 4.51. The van der Waals surface area contributed by atoms with Crippen molar-refractivity contribution in [2.45, 2.75) is 20.3 Å². The summed E-state index contributed by atoms with van der Waals surface area (Å²) in [7, 11) is 0. The van der Waals surface area contributed by atoms with Crippen LogP contribution in [-0.2, 0) is 0 Å². The van der Waals surface area contributed by atoms with Gasteiger partial charge in [-0.05, 0) is 61.4 Å². The van der Waals surface area contributed by atoms with Crippen molar-refractivity contribution in [2.24, 2.45) is 0 Å². The van der Waals surface area contributed by atoms with Crippen LogP contribution in [0.25, 0.3) is 0 Å². The second kappa shape index (κ2) is 6.33. The van der Waals surface area contributed by atoms with E-state index in [0.29, 0.717) is 18.5 Å². The molecule has 0 fully saturated rings. The van der Waals surface area contributed by atoms with Crippen LogP contribution >= 0.6 is 0 Å². The monoisotopic (exact) mass is 271 g/mol. The van der Waals surface area contributed by atoms with Crippen LogP contribution in [0.3, 0.4) is 0 Å². The molecule has 0 unspecified atom stereocenters. The van der Waals surface area contributed by atoms with Gasteiger partial charge in [0.15, 0.2) is 5.78 Å². The first-order valence-electron chi connectivity index (χ1n) is 6.65. The zero-order valence-corrected chi connectivity index (χ0v) is 11.7. The van der Waals surface area contributed by atoms with Crippen LogP contribution in [0.4, 0.5) is 10.1 Å². The summed E-state index contributed by atoms with van der Waals surface area (Å²) in [5.74, 6) is -0.309. The number of carbonyl (C=O) groups excluding carboxylic acids is 1. The van der Waals surface area contributed by atoms with Gasteiger partial charge in [0.1, 0.15) is 5.82 Å². The first-order chi connectivity index (χ1) is 9.54. The van der Waals surface area contributed by atoms with Crippen molar-refractivity contribution in [1.29, 1.82) is 0 Å². The zero-order chi connectivity index (χ0) is 14.5. The van der Waals surface area contributed by atoms with Crippen molar-refractivity contribution in [1.82, 2.24) is 0 Å². The third-order valence-electron chi connectivity index (χ3n) is 3.07. The Morgan fingerprint density at radius 3 is 2.25 bits per heavy atom. The number of ketones is 1. The number of carbonyl (C=O) groups is 1. The number of hydrogen-bond acceptors (Lipinski definition) is 2. The molecular formula is C17H18FNO. The molecule has 2 rings (SSSR count). The maximum atomic E-state index is 12.8. The summed E-state index contributed by atoms with van der Waals surface area (Å²) >= 11 is 0. The molecule has 0 amide bonds. The first kappa shape index (κ1) is 14.3. The number of anilines is 1.